The minimum atomic E-state index is -0.457. The molecule has 3 aromatic rings. The van der Waals surface area contributed by atoms with E-state index < -0.39 is 6.04 Å². The minimum absolute atomic E-state index is 0.0552. The minimum Gasteiger partial charge on any atom is -0.344 e. The highest BCUT2D eigenvalue weighted by molar-refractivity contribution is 7.15. The lowest BCUT2D eigenvalue weighted by Gasteiger charge is -2.17. The van der Waals surface area contributed by atoms with Gasteiger partial charge < -0.3 is 10.2 Å². The Morgan fingerprint density at radius 2 is 2.17 bits per heavy atom. The number of rotatable bonds is 4. The van der Waals surface area contributed by atoms with Gasteiger partial charge in [-0.2, -0.15) is 0 Å². The van der Waals surface area contributed by atoms with Crippen molar-refractivity contribution < 1.29 is 9.59 Å². The number of amides is 2. The molecular weight excluding hydrogens is 324 g/mol. The predicted octanol–water partition coefficient (Wildman–Crippen LogP) is 1.86. The van der Waals surface area contributed by atoms with E-state index in [2.05, 4.69) is 10.3 Å². The van der Waals surface area contributed by atoms with E-state index in [4.69, 9.17) is 0 Å². The molecule has 24 heavy (non-hydrogen) atoms. The van der Waals surface area contributed by atoms with Crippen molar-refractivity contribution in [1.29, 1.82) is 0 Å². The van der Waals surface area contributed by atoms with E-state index >= 15 is 0 Å². The number of aromatic nitrogens is 2. The van der Waals surface area contributed by atoms with E-state index in [1.54, 1.807) is 4.90 Å². The maximum absolute atomic E-state index is 12.5. The molecule has 2 aromatic heterocycles. The van der Waals surface area contributed by atoms with Crippen molar-refractivity contribution in [1.82, 2.24) is 14.7 Å². The van der Waals surface area contributed by atoms with Gasteiger partial charge in [0.1, 0.15) is 6.04 Å². The normalized spacial score (nSPS) is 17.6. The summed E-state index contributed by atoms with van der Waals surface area (Å²) in [5, 5.41) is 4.78. The highest BCUT2D eigenvalue weighted by Crippen LogP contribution is 2.21. The Labute approximate surface area is 142 Å². The second kappa shape index (κ2) is 6.09. The second-order valence-electron chi connectivity index (χ2n) is 5.74. The van der Waals surface area contributed by atoms with Gasteiger partial charge in [-0.15, -0.1) is 11.3 Å². The molecule has 7 heteroatoms. The average Bonchev–Trinajstić information content (AvgIpc) is 3.24. The molecule has 1 fully saturated rings. The number of nitrogens with one attached hydrogen (secondary N) is 1. The summed E-state index contributed by atoms with van der Waals surface area (Å²) in [7, 11) is 0. The van der Waals surface area contributed by atoms with Gasteiger partial charge in [0.15, 0.2) is 4.96 Å². The molecule has 1 aliphatic heterocycles. The van der Waals surface area contributed by atoms with Gasteiger partial charge in [-0.3, -0.25) is 14.0 Å². The maximum atomic E-state index is 12.5. The third-order valence-electron chi connectivity index (χ3n) is 4.09. The molecule has 6 nitrogen and oxygen atoms in total. The van der Waals surface area contributed by atoms with E-state index in [-0.39, 0.29) is 18.2 Å². The first-order valence-corrected chi connectivity index (χ1v) is 8.65. The first-order chi connectivity index (χ1) is 11.7. The molecule has 0 spiro atoms. The van der Waals surface area contributed by atoms with Gasteiger partial charge in [0, 0.05) is 30.0 Å². The van der Waals surface area contributed by atoms with E-state index in [0.29, 0.717) is 18.7 Å². The van der Waals surface area contributed by atoms with Crippen molar-refractivity contribution in [2.24, 2.45) is 0 Å². The van der Waals surface area contributed by atoms with Crippen molar-refractivity contribution >= 4 is 33.8 Å². The largest absolute Gasteiger partial charge is 0.344 e. The SMILES string of the molecule is O=C(Cc1cn2ccsc2n1)NC1CCN(c2ccccc2)C1=O. The summed E-state index contributed by atoms with van der Waals surface area (Å²) in [6, 6.07) is 9.07. The van der Waals surface area contributed by atoms with Gasteiger partial charge in [-0.25, -0.2) is 4.98 Å². The second-order valence-corrected chi connectivity index (χ2v) is 6.61. The number of thiazole rings is 1. The molecular formula is C17H16N4O2S. The average molecular weight is 340 g/mol. The summed E-state index contributed by atoms with van der Waals surface area (Å²) >= 11 is 1.53. The Morgan fingerprint density at radius 3 is 2.96 bits per heavy atom. The first kappa shape index (κ1) is 14.9. The number of hydrogen-bond donors (Lipinski definition) is 1. The van der Waals surface area contributed by atoms with Crippen molar-refractivity contribution in [2.45, 2.75) is 18.9 Å². The van der Waals surface area contributed by atoms with Crippen LogP contribution in [0.4, 0.5) is 5.69 Å². The molecule has 1 atom stereocenters. The maximum Gasteiger partial charge on any atom is 0.249 e. The number of para-hydroxylation sites is 1. The molecule has 0 bridgehead atoms. The van der Waals surface area contributed by atoms with Crippen molar-refractivity contribution in [2.75, 3.05) is 11.4 Å². The van der Waals surface area contributed by atoms with Crippen LogP contribution >= 0.6 is 11.3 Å². The fourth-order valence-electron chi connectivity index (χ4n) is 2.95. The Morgan fingerprint density at radius 1 is 1.33 bits per heavy atom. The number of nitrogens with zero attached hydrogens (tertiary/aromatic N) is 3. The zero-order valence-electron chi connectivity index (χ0n) is 12.9. The van der Waals surface area contributed by atoms with Crippen LogP contribution in [0.5, 0.6) is 0 Å². The van der Waals surface area contributed by atoms with Crippen molar-refractivity contribution in [3.8, 4) is 0 Å². The highest BCUT2D eigenvalue weighted by Gasteiger charge is 2.33. The summed E-state index contributed by atoms with van der Waals surface area (Å²) in [4.78, 5) is 31.7. The Kier molecular flexibility index (Phi) is 3.78. The topological polar surface area (TPSA) is 66.7 Å². The van der Waals surface area contributed by atoms with Crippen LogP contribution in [0, 0.1) is 0 Å². The highest BCUT2D eigenvalue weighted by atomic mass is 32.1. The van der Waals surface area contributed by atoms with E-state index in [1.165, 1.54) is 11.3 Å². The molecule has 1 aromatic carbocycles. The number of fused-ring (bicyclic) bond motifs is 1. The predicted molar refractivity (Wildman–Crippen MR) is 92.1 cm³/mol. The summed E-state index contributed by atoms with van der Waals surface area (Å²) in [5.41, 5.74) is 1.58. The van der Waals surface area contributed by atoms with Gasteiger partial charge in [0.25, 0.3) is 0 Å². The zero-order chi connectivity index (χ0) is 16.5. The number of carbonyl (C=O) groups is 2. The Bertz CT molecular complexity index is 858. The molecule has 1 aliphatic rings. The lowest BCUT2D eigenvalue weighted by molar-refractivity contribution is -0.126. The summed E-state index contributed by atoms with van der Waals surface area (Å²) in [6.07, 6.45) is 4.56. The molecule has 0 radical (unpaired) electrons. The first-order valence-electron chi connectivity index (χ1n) is 7.77. The van der Waals surface area contributed by atoms with E-state index in [1.807, 2.05) is 52.5 Å². The summed E-state index contributed by atoms with van der Waals surface area (Å²) in [6.45, 7) is 0.619. The van der Waals surface area contributed by atoms with Crippen LogP contribution in [0.1, 0.15) is 12.1 Å². The fourth-order valence-corrected chi connectivity index (χ4v) is 3.67. The van der Waals surface area contributed by atoms with E-state index in [0.717, 1.165) is 10.6 Å². The standard InChI is InChI=1S/C17H16N4O2S/c22-15(10-12-11-20-8-9-24-17(20)18-12)19-14-6-7-21(16(14)23)13-4-2-1-3-5-13/h1-5,8-9,11,14H,6-7,10H2,(H,19,22). The summed E-state index contributed by atoms with van der Waals surface area (Å²) < 4.78 is 1.89. The quantitative estimate of drug-likeness (QED) is 0.788. The van der Waals surface area contributed by atoms with Gasteiger partial charge in [0.05, 0.1) is 12.1 Å². The van der Waals surface area contributed by atoms with Crippen LogP contribution in [0.25, 0.3) is 4.96 Å². The van der Waals surface area contributed by atoms with Gasteiger partial charge >= 0.3 is 0 Å². The lowest BCUT2D eigenvalue weighted by atomic mass is 10.2. The van der Waals surface area contributed by atoms with Gasteiger partial charge in [0.2, 0.25) is 11.8 Å². The summed E-state index contributed by atoms with van der Waals surface area (Å²) in [5.74, 6) is -0.227. The van der Waals surface area contributed by atoms with Crippen LogP contribution in [-0.2, 0) is 16.0 Å². The van der Waals surface area contributed by atoms with Crippen LogP contribution in [0.15, 0.2) is 48.1 Å². The lowest BCUT2D eigenvalue weighted by Crippen LogP contribution is -2.42. The molecule has 2 amide bonds. The van der Waals surface area contributed by atoms with Gasteiger partial charge in [-0.05, 0) is 18.6 Å². The monoisotopic (exact) mass is 340 g/mol. The third-order valence-corrected chi connectivity index (χ3v) is 4.86. The number of benzene rings is 1. The van der Waals surface area contributed by atoms with Gasteiger partial charge in [-0.1, -0.05) is 18.2 Å². The smallest absolute Gasteiger partial charge is 0.249 e. The number of hydrogen-bond acceptors (Lipinski definition) is 4. The van der Waals surface area contributed by atoms with Crippen LogP contribution in [-0.4, -0.2) is 33.8 Å². The molecule has 1 saturated heterocycles. The van der Waals surface area contributed by atoms with Crippen LogP contribution in [0.3, 0.4) is 0 Å². The molecule has 0 saturated carbocycles. The molecule has 122 valence electrons. The van der Waals surface area contributed by atoms with Crippen LogP contribution < -0.4 is 10.2 Å². The molecule has 1 unspecified atom stereocenters. The molecule has 3 heterocycles. The van der Waals surface area contributed by atoms with Crippen molar-refractivity contribution in [3.63, 3.8) is 0 Å². The van der Waals surface area contributed by atoms with E-state index in [9.17, 15) is 9.59 Å². The Balaban J connectivity index is 1.39. The number of anilines is 1. The number of imidazole rings is 1. The Hall–Kier alpha value is -2.67. The molecule has 1 N–H and O–H groups in total. The fraction of sp³-hybridized carbons (Fsp3) is 0.235. The van der Waals surface area contributed by atoms with Crippen LogP contribution in [0.2, 0.25) is 0 Å². The van der Waals surface area contributed by atoms with Crippen molar-refractivity contribution in [3.05, 3.63) is 53.8 Å². The number of carbonyl (C=O) groups excluding carboxylic acids is 2. The zero-order valence-corrected chi connectivity index (χ0v) is 13.7. The third kappa shape index (κ3) is 2.78. The molecule has 0 aliphatic carbocycles. The molecule has 4 rings (SSSR count).